The number of hydrogen-bond donors (Lipinski definition) is 2. The first-order chi connectivity index (χ1) is 11.9. The summed E-state index contributed by atoms with van der Waals surface area (Å²) in [4.78, 5) is 34.5. The number of esters is 2. The van der Waals surface area contributed by atoms with Crippen molar-refractivity contribution in [2.45, 2.75) is 39.1 Å². The molecule has 0 aliphatic carbocycles. The molecule has 1 unspecified atom stereocenters. The van der Waals surface area contributed by atoms with Crippen LogP contribution in [0.4, 0.5) is 0 Å². The van der Waals surface area contributed by atoms with Gasteiger partial charge in [-0.3, -0.25) is 9.59 Å². The van der Waals surface area contributed by atoms with Gasteiger partial charge in [0.25, 0.3) is 0 Å². The lowest BCUT2D eigenvalue weighted by molar-refractivity contribution is -0.149. The minimum atomic E-state index is -1.28. The fraction of sp³-hybridized carbons (Fsp3) is 0.438. The van der Waals surface area contributed by atoms with Gasteiger partial charge in [-0.1, -0.05) is 19.1 Å². The van der Waals surface area contributed by atoms with Crippen LogP contribution in [0, 0.1) is 0 Å². The van der Waals surface area contributed by atoms with Crippen LogP contribution in [0.25, 0.3) is 0 Å². The zero-order valence-electron chi connectivity index (χ0n) is 14.1. The number of amides is 1. The van der Waals surface area contributed by atoms with E-state index >= 15 is 0 Å². The monoisotopic (exact) mass is 349 g/mol. The number of rotatable bonds is 6. The highest BCUT2D eigenvalue weighted by Crippen LogP contribution is 2.30. The molecule has 1 aliphatic rings. The molecule has 2 N–H and O–H groups in total. The number of hydrogen-bond acceptors (Lipinski definition) is 7. The molecule has 0 bridgehead atoms. The van der Waals surface area contributed by atoms with Crippen molar-refractivity contribution in [2.24, 2.45) is 0 Å². The summed E-state index contributed by atoms with van der Waals surface area (Å²) in [5.41, 5.74) is 0.774. The van der Waals surface area contributed by atoms with Crippen molar-refractivity contribution in [3.63, 3.8) is 0 Å². The lowest BCUT2D eigenvalue weighted by Crippen LogP contribution is -2.53. The molecule has 2 rings (SSSR count). The van der Waals surface area contributed by atoms with Gasteiger partial charge in [-0.15, -0.1) is 0 Å². The summed E-state index contributed by atoms with van der Waals surface area (Å²) in [6, 6.07) is 4.87. The molecule has 0 aromatic heterocycles. The van der Waals surface area contributed by atoms with Crippen LogP contribution in [-0.4, -0.2) is 42.7 Å². The number of para-hydroxylation sites is 1. The Morgan fingerprint density at radius 1 is 1.36 bits per heavy atom. The van der Waals surface area contributed by atoms with E-state index in [9.17, 15) is 19.4 Å². The van der Waals surface area contributed by atoms with Crippen LogP contribution in [0.15, 0.2) is 18.2 Å². The molecule has 1 atom stereocenters. The van der Waals surface area contributed by atoms with Crippen LogP contribution in [0.3, 0.4) is 0 Å². The largest absolute Gasteiger partial charge is 0.547 e. The third-order valence-corrected chi connectivity index (χ3v) is 3.61. The van der Waals surface area contributed by atoms with Gasteiger partial charge >= 0.3 is 19.1 Å². The summed E-state index contributed by atoms with van der Waals surface area (Å²) in [6.07, 6.45) is 1.38. The SMILES string of the molecule is CCCC(=O)NC1Cc2cccc(C(=O)OCOC(C)=O)c2OB1O. The Balaban J connectivity index is 2.10. The number of fused-ring (bicyclic) bond motifs is 1. The summed E-state index contributed by atoms with van der Waals surface area (Å²) in [6.45, 7) is 2.58. The lowest BCUT2D eigenvalue weighted by Gasteiger charge is -2.29. The molecule has 8 nitrogen and oxygen atoms in total. The van der Waals surface area contributed by atoms with Crippen molar-refractivity contribution in [1.29, 1.82) is 0 Å². The van der Waals surface area contributed by atoms with Crippen LogP contribution >= 0.6 is 0 Å². The van der Waals surface area contributed by atoms with Gasteiger partial charge in [0.05, 0.1) is 5.94 Å². The molecular weight excluding hydrogens is 329 g/mol. The number of benzene rings is 1. The van der Waals surface area contributed by atoms with Crippen molar-refractivity contribution < 1.29 is 33.5 Å². The van der Waals surface area contributed by atoms with E-state index in [-0.39, 0.29) is 17.2 Å². The smallest absolute Gasteiger partial charge is 0.534 e. The summed E-state index contributed by atoms with van der Waals surface area (Å²) < 4.78 is 14.8. The molecule has 134 valence electrons. The molecule has 0 spiro atoms. The van der Waals surface area contributed by atoms with Gasteiger partial charge in [-0.2, -0.15) is 0 Å². The van der Waals surface area contributed by atoms with E-state index in [0.29, 0.717) is 24.8 Å². The first-order valence-corrected chi connectivity index (χ1v) is 7.98. The fourth-order valence-corrected chi connectivity index (χ4v) is 2.46. The zero-order valence-corrected chi connectivity index (χ0v) is 14.1. The highest BCUT2D eigenvalue weighted by molar-refractivity contribution is 6.47. The number of nitrogens with one attached hydrogen (secondary N) is 1. The summed E-state index contributed by atoms with van der Waals surface area (Å²) in [7, 11) is -1.28. The van der Waals surface area contributed by atoms with E-state index < -0.39 is 31.8 Å². The highest BCUT2D eigenvalue weighted by atomic mass is 16.7. The molecule has 0 saturated carbocycles. The Morgan fingerprint density at radius 3 is 2.80 bits per heavy atom. The quantitative estimate of drug-likeness (QED) is 0.440. The van der Waals surface area contributed by atoms with Gasteiger partial charge in [0.1, 0.15) is 11.3 Å². The standard InChI is InChI=1S/C16H20BNO7/c1-3-5-14(20)18-13-8-11-6-4-7-12(15(11)25-17(13)22)16(21)24-9-23-10(2)19/h4,6-7,13,22H,3,5,8-9H2,1-2H3,(H,18,20). The van der Waals surface area contributed by atoms with E-state index in [2.05, 4.69) is 10.1 Å². The Morgan fingerprint density at radius 2 is 2.12 bits per heavy atom. The van der Waals surface area contributed by atoms with E-state index in [4.69, 9.17) is 9.39 Å². The second kappa shape index (κ2) is 8.52. The molecular formula is C16H20BNO7. The van der Waals surface area contributed by atoms with Crippen LogP contribution in [0.1, 0.15) is 42.6 Å². The summed E-state index contributed by atoms with van der Waals surface area (Å²) >= 11 is 0. The van der Waals surface area contributed by atoms with E-state index in [1.807, 2.05) is 6.92 Å². The van der Waals surface area contributed by atoms with Gasteiger partial charge in [0.15, 0.2) is 0 Å². The molecule has 0 fully saturated rings. The van der Waals surface area contributed by atoms with Gasteiger partial charge in [-0.25, -0.2) is 4.79 Å². The predicted molar refractivity (Wildman–Crippen MR) is 87.6 cm³/mol. The molecule has 1 heterocycles. The molecule has 25 heavy (non-hydrogen) atoms. The summed E-state index contributed by atoms with van der Waals surface area (Å²) in [5.74, 6) is -1.88. The fourth-order valence-electron chi connectivity index (χ4n) is 2.46. The predicted octanol–water partition coefficient (Wildman–Crippen LogP) is 0.603. The third kappa shape index (κ3) is 4.96. The van der Waals surface area contributed by atoms with Crippen molar-refractivity contribution in [2.75, 3.05) is 6.79 Å². The maximum absolute atomic E-state index is 12.1. The normalized spacial score (nSPS) is 15.6. The van der Waals surface area contributed by atoms with Crippen LogP contribution in [0.2, 0.25) is 0 Å². The second-order valence-corrected chi connectivity index (χ2v) is 5.62. The van der Waals surface area contributed by atoms with E-state index in [1.165, 1.54) is 13.0 Å². The van der Waals surface area contributed by atoms with Gasteiger partial charge in [0.2, 0.25) is 12.7 Å². The minimum absolute atomic E-state index is 0.113. The average molecular weight is 349 g/mol. The number of carbonyl (C=O) groups excluding carboxylic acids is 3. The van der Waals surface area contributed by atoms with Gasteiger partial charge in [0, 0.05) is 13.3 Å². The Kier molecular flexibility index (Phi) is 6.41. The molecule has 9 heteroatoms. The highest BCUT2D eigenvalue weighted by Gasteiger charge is 2.37. The van der Waals surface area contributed by atoms with Crippen LogP contribution < -0.4 is 9.97 Å². The van der Waals surface area contributed by atoms with Crippen LogP contribution in [0.5, 0.6) is 5.75 Å². The third-order valence-electron chi connectivity index (χ3n) is 3.61. The molecule has 1 aromatic carbocycles. The van der Waals surface area contributed by atoms with E-state index in [1.54, 1.807) is 12.1 Å². The Labute approximate surface area is 145 Å². The topological polar surface area (TPSA) is 111 Å². The Bertz CT molecular complexity index is 664. The zero-order chi connectivity index (χ0) is 18.4. The Hall–Kier alpha value is -2.55. The molecule has 1 aliphatic heterocycles. The van der Waals surface area contributed by atoms with Crippen molar-refractivity contribution in [3.8, 4) is 5.75 Å². The minimum Gasteiger partial charge on any atom is -0.534 e. The molecule has 1 amide bonds. The van der Waals surface area contributed by atoms with Crippen molar-refractivity contribution in [3.05, 3.63) is 29.3 Å². The second-order valence-electron chi connectivity index (χ2n) is 5.62. The van der Waals surface area contributed by atoms with Gasteiger partial charge < -0.3 is 24.5 Å². The van der Waals surface area contributed by atoms with E-state index in [0.717, 1.165) is 0 Å². The summed E-state index contributed by atoms with van der Waals surface area (Å²) in [5, 5.41) is 12.8. The number of ether oxygens (including phenoxy) is 2. The van der Waals surface area contributed by atoms with Crippen LogP contribution in [-0.2, 0) is 25.5 Å². The maximum Gasteiger partial charge on any atom is 0.547 e. The van der Waals surface area contributed by atoms with Crippen molar-refractivity contribution in [1.82, 2.24) is 5.32 Å². The first-order valence-electron chi connectivity index (χ1n) is 7.98. The first kappa shape index (κ1) is 18.8. The van der Waals surface area contributed by atoms with Gasteiger partial charge in [-0.05, 0) is 24.5 Å². The molecule has 1 aromatic rings. The lowest BCUT2D eigenvalue weighted by atomic mass is 9.72. The number of carbonyl (C=O) groups is 3. The van der Waals surface area contributed by atoms with Crippen molar-refractivity contribution >= 4 is 25.0 Å². The molecule has 0 radical (unpaired) electrons. The maximum atomic E-state index is 12.1. The molecule has 0 saturated heterocycles. The average Bonchev–Trinajstić information content (AvgIpc) is 2.54.